The molecule has 1 fully saturated rings. The number of likely N-dealkylation sites (tertiary alicyclic amines) is 1. The Morgan fingerprint density at radius 2 is 1.98 bits per heavy atom. The smallest absolute Gasteiger partial charge is 0.316 e. The summed E-state index contributed by atoms with van der Waals surface area (Å²) in [5.74, 6) is -1.68. The molecule has 3 heterocycles. The maximum atomic E-state index is 14.5. The van der Waals surface area contributed by atoms with Crippen molar-refractivity contribution in [2.24, 2.45) is 0 Å². The lowest BCUT2D eigenvalue weighted by Gasteiger charge is -2.24. The van der Waals surface area contributed by atoms with Gasteiger partial charge in [-0.05, 0) is 30.7 Å². The largest absolute Gasteiger partial charge is 0.467 e. The van der Waals surface area contributed by atoms with Crippen LogP contribution in [0, 0.1) is 5.82 Å². The number of benzene rings is 2. The molecule has 2 aromatic carbocycles. The summed E-state index contributed by atoms with van der Waals surface area (Å²) in [4.78, 5) is 35.9. The summed E-state index contributed by atoms with van der Waals surface area (Å²) in [7, 11) is 1.48. The fraction of sp³-hybridized carbons (Fsp3) is 0.310. The van der Waals surface area contributed by atoms with Gasteiger partial charge in [-0.15, -0.1) is 0 Å². The van der Waals surface area contributed by atoms with Gasteiger partial charge in [0.1, 0.15) is 24.6 Å². The molecule has 0 saturated carbocycles. The molecule has 41 heavy (non-hydrogen) atoms. The molecular formula is C29H28ClF2N5O4. The first kappa shape index (κ1) is 28.4. The Morgan fingerprint density at radius 1 is 1.22 bits per heavy atom. The van der Waals surface area contributed by atoms with Crippen LogP contribution in [0.2, 0.25) is 5.02 Å². The van der Waals surface area contributed by atoms with Crippen LogP contribution in [-0.2, 0) is 22.7 Å². The number of aliphatic hydroxyl groups is 1. The van der Waals surface area contributed by atoms with Crippen molar-refractivity contribution >= 4 is 34.3 Å². The number of nitrogens with one attached hydrogen (secondary N) is 1. The summed E-state index contributed by atoms with van der Waals surface area (Å²) in [6.45, 7) is 1.07. The van der Waals surface area contributed by atoms with E-state index in [0.29, 0.717) is 11.1 Å². The molecule has 0 spiro atoms. The molecule has 1 aliphatic heterocycles. The highest BCUT2D eigenvalue weighted by Gasteiger charge is 2.39. The maximum absolute atomic E-state index is 14.5. The second kappa shape index (κ2) is 11.8. The van der Waals surface area contributed by atoms with Crippen molar-refractivity contribution < 1.29 is 28.2 Å². The van der Waals surface area contributed by atoms with Crippen LogP contribution in [0.1, 0.15) is 30.6 Å². The number of ether oxygens (including phenoxy) is 1. The lowest BCUT2D eigenvalue weighted by molar-refractivity contribution is -0.139. The summed E-state index contributed by atoms with van der Waals surface area (Å²) >= 11 is 5.81. The van der Waals surface area contributed by atoms with Crippen molar-refractivity contribution in [2.75, 3.05) is 13.7 Å². The van der Waals surface area contributed by atoms with Crippen LogP contribution in [0.15, 0.2) is 55.0 Å². The van der Waals surface area contributed by atoms with Gasteiger partial charge < -0.3 is 24.6 Å². The topological polar surface area (TPSA) is 110 Å². The van der Waals surface area contributed by atoms with Gasteiger partial charge in [-0.3, -0.25) is 9.59 Å². The number of carbonyl (C=O) groups is 2. The molecule has 12 heteroatoms. The Labute approximate surface area is 239 Å². The molecule has 4 aromatic rings. The van der Waals surface area contributed by atoms with Gasteiger partial charge in [0.25, 0.3) is 0 Å². The number of methoxy groups -OCH3 is 1. The fourth-order valence-electron chi connectivity index (χ4n) is 5.07. The third kappa shape index (κ3) is 5.86. The van der Waals surface area contributed by atoms with Crippen LogP contribution in [-0.4, -0.2) is 62.2 Å². The number of aromatic nitrogens is 3. The summed E-state index contributed by atoms with van der Waals surface area (Å²) < 4.78 is 35.4. The number of carbonyl (C=O) groups excluding carboxylic acids is 2. The van der Waals surface area contributed by atoms with E-state index in [-0.39, 0.29) is 42.7 Å². The van der Waals surface area contributed by atoms with E-state index in [1.54, 1.807) is 36.1 Å². The first-order valence-corrected chi connectivity index (χ1v) is 13.4. The summed E-state index contributed by atoms with van der Waals surface area (Å²) in [5.41, 5.74) is 3.01. The number of nitrogens with zero attached hydrogens (tertiary/aromatic N) is 4. The number of fused-ring (bicyclic) bond motifs is 1. The quantitative estimate of drug-likeness (QED) is 0.322. The van der Waals surface area contributed by atoms with E-state index in [2.05, 4.69) is 15.3 Å². The minimum atomic E-state index is -1.37. The molecule has 9 nitrogen and oxygen atoms in total. The second-order valence-electron chi connectivity index (χ2n) is 9.90. The Bertz CT molecular complexity index is 1590. The Morgan fingerprint density at radius 3 is 2.68 bits per heavy atom. The summed E-state index contributed by atoms with van der Waals surface area (Å²) in [5, 5.41) is 13.7. The number of aliphatic hydroxyl groups excluding tert-OH is 1. The minimum absolute atomic E-state index is 0.0711. The third-order valence-electron chi connectivity index (χ3n) is 7.17. The molecule has 1 unspecified atom stereocenters. The van der Waals surface area contributed by atoms with E-state index in [1.807, 2.05) is 18.2 Å². The van der Waals surface area contributed by atoms with Gasteiger partial charge in [-0.2, -0.15) is 0 Å². The number of hydrogen-bond donors (Lipinski definition) is 2. The maximum Gasteiger partial charge on any atom is 0.316 e. The molecule has 1 saturated heterocycles. The van der Waals surface area contributed by atoms with Crippen LogP contribution in [0.4, 0.5) is 8.78 Å². The molecule has 0 bridgehead atoms. The molecule has 3 atom stereocenters. The van der Waals surface area contributed by atoms with E-state index in [1.165, 1.54) is 24.1 Å². The zero-order valence-electron chi connectivity index (χ0n) is 22.4. The number of hydrogen-bond acceptors (Lipinski definition) is 6. The highest BCUT2D eigenvalue weighted by atomic mass is 35.5. The van der Waals surface area contributed by atoms with Gasteiger partial charge in [0.05, 0.1) is 24.8 Å². The Hall–Kier alpha value is -4.09. The van der Waals surface area contributed by atoms with Crippen molar-refractivity contribution in [3.05, 3.63) is 77.0 Å². The number of rotatable bonds is 8. The predicted molar refractivity (Wildman–Crippen MR) is 148 cm³/mol. The van der Waals surface area contributed by atoms with Crippen molar-refractivity contribution in [1.29, 1.82) is 0 Å². The van der Waals surface area contributed by atoms with Gasteiger partial charge >= 0.3 is 6.01 Å². The van der Waals surface area contributed by atoms with E-state index in [9.17, 15) is 23.5 Å². The molecule has 0 aliphatic carbocycles. The first-order valence-electron chi connectivity index (χ1n) is 13.0. The van der Waals surface area contributed by atoms with Crippen LogP contribution in [0.3, 0.4) is 0 Å². The average Bonchev–Trinajstić information content (AvgIpc) is 3.54. The van der Waals surface area contributed by atoms with E-state index >= 15 is 0 Å². The van der Waals surface area contributed by atoms with Gasteiger partial charge in [-0.1, -0.05) is 29.8 Å². The zero-order chi connectivity index (χ0) is 29.3. The molecule has 5 rings (SSSR count). The molecule has 0 radical (unpaired) electrons. The van der Waals surface area contributed by atoms with Gasteiger partial charge in [0.15, 0.2) is 0 Å². The number of halogens is 3. The highest BCUT2D eigenvalue weighted by Crippen LogP contribution is 2.32. The van der Waals surface area contributed by atoms with E-state index < -0.39 is 35.9 Å². The van der Waals surface area contributed by atoms with Crippen LogP contribution >= 0.6 is 11.6 Å². The fourth-order valence-corrected chi connectivity index (χ4v) is 5.26. The van der Waals surface area contributed by atoms with Gasteiger partial charge in [0.2, 0.25) is 11.8 Å². The lowest BCUT2D eigenvalue weighted by atomic mass is 10.0. The predicted octanol–water partition coefficient (Wildman–Crippen LogP) is 4.21. The second-order valence-corrected chi connectivity index (χ2v) is 10.3. The summed E-state index contributed by atoms with van der Waals surface area (Å²) in [6.07, 6.45) is 2.57. The van der Waals surface area contributed by atoms with Gasteiger partial charge in [0, 0.05) is 59.1 Å². The van der Waals surface area contributed by atoms with Crippen LogP contribution < -0.4 is 10.1 Å². The third-order valence-corrected chi connectivity index (χ3v) is 7.46. The van der Waals surface area contributed by atoms with Crippen molar-refractivity contribution in [3.63, 3.8) is 0 Å². The molecule has 2 amide bonds. The Kier molecular flexibility index (Phi) is 8.18. The number of amides is 2. The van der Waals surface area contributed by atoms with Crippen LogP contribution in [0.25, 0.3) is 22.0 Å². The van der Waals surface area contributed by atoms with E-state index in [4.69, 9.17) is 16.3 Å². The SMILES string of the molecule is COc1ncc(-c2ccc3c(c2)c(C(C)O)cn3CC(=O)N2C[C@H](F)C[C@H]2C(=O)NCc2cccc(Cl)c2F)cn1. The first-order chi connectivity index (χ1) is 19.7. The Balaban J connectivity index is 1.36. The van der Waals surface area contributed by atoms with Crippen LogP contribution in [0.5, 0.6) is 6.01 Å². The monoisotopic (exact) mass is 583 g/mol. The molecule has 1 aliphatic rings. The average molecular weight is 584 g/mol. The van der Waals surface area contributed by atoms with Crippen molar-refractivity contribution in [2.45, 2.75) is 44.8 Å². The van der Waals surface area contributed by atoms with E-state index in [0.717, 1.165) is 16.5 Å². The lowest BCUT2D eigenvalue weighted by Crippen LogP contribution is -2.46. The molecule has 2 aromatic heterocycles. The minimum Gasteiger partial charge on any atom is -0.467 e. The number of alkyl halides is 1. The normalized spacial score (nSPS) is 17.6. The summed E-state index contributed by atoms with van der Waals surface area (Å²) in [6, 6.07) is 9.19. The zero-order valence-corrected chi connectivity index (χ0v) is 23.1. The molecule has 214 valence electrons. The molecular weight excluding hydrogens is 556 g/mol. The highest BCUT2D eigenvalue weighted by molar-refractivity contribution is 6.30. The van der Waals surface area contributed by atoms with Crippen molar-refractivity contribution in [1.82, 2.24) is 24.8 Å². The molecule has 2 N–H and O–H groups in total. The van der Waals surface area contributed by atoms with Crippen molar-refractivity contribution in [3.8, 4) is 17.1 Å². The van der Waals surface area contributed by atoms with Gasteiger partial charge in [-0.25, -0.2) is 18.7 Å². The standard InChI is InChI=1S/C29H28ClF2N5O4/c1-16(38)22-14-36(24-7-6-17(8-21(22)24)19-11-34-29(41-2)35-12-19)15-26(39)37-13-20(31)9-25(37)28(40)33-10-18-4-3-5-23(30)27(18)32/h3-8,11-12,14,16,20,25,38H,9-10,13,15H2,1-2H3,(H,33,40)/t16?,20-,25+/m1/s1.